The molecule has 0 N–H and O–H groups in total. The molecular weight excluding hydrogens is 275 g/mol. The Morgan fingerprint density at radius 3 is 2.73 bits per heavy atom. The van der Waals surface area contributed by atoms with Gasteiger partial charge in [0.05, 0.1) is 33.1 Å². The molecular formula is C9H7Cl3N2S. The Balaban J connectivity index is 2.17. The molecule has 0 atom stereocenters. The van der Waals surface area contributed by atoms with E-state index in [1.807, 2.05) is 16.8 Å². The Hall–Kier alpha value is -0.220. The first-order valence-electron chi connectivity index (χ1n) is 4.19. The summed E-state index contributed by atoms with van der Waals surface area (Å²) in [4.78, 5) is 4.13. The highest BCUT2D eigenvalue weighted by molar-refractivity contribution is 7.20. The predicted octanol–water partition coefficient (Wildman–Crippen LogP) is 4.04. The Morgan fingerprint density at radius 2 is 2.20 bits per heavy atom. The first-order valence-corrected chi connectivity index (χ1v) is 6.30. The molecule has 0 spiro atoms. The number of thiophene rings is 1. The molecule has 0 fully saturated rings. The molecule has 0 aliphatic heterocycles. The Kier molecular flexibility index (Phi) is 3.57. The summed E-state index contributed by atoms with van der Waals surface area (Å²) < 4.78 is 3.36. The van der Waals surface area contributed by atoms with E-state index in [2.05, 4.69) is 4.98 Å². The molecule has 0 aromatic carbocycles. The molecule has 2 nitrogen and oxygen atoms in total. The Labute approximate surface area is 106 Å². The summed E-state index contributed by atoms with van der Waals surface area (Å²) in [6.07, 6.45) is 3.63. The van der Waals surface area contributed by atoms with Crippen molar-refractivity contribution in [3.8, 4) is 0 Å². The monoisotopic (exact) mass is 280 g/mol. The van der Waals surface area contributed by atoms with E-state index in [1.165, 1.54) is 11.3 Å². The van der Waals surface area contributed by atoms with E-state index < -0.39 is 0 Å². The maximum absolute atomic E-state index is 6.01. The minimum Gasteiger partial charge on any atom is -0.333 e. The van der Waals surface area contributed by atoms with E-state index in [0.29, 0.717) is 16.8 Å². The van der Waals surface area contributed by atoms with Crippen LogP contribution in [0, 0.1) is 0 Å². The van der Waals surface area contributed by atoms with Gasteiger partial charge in [0.2, 0.25) is 0 Å². The zero-order chi connectivity index (χ0) is 10.8. The van der Waals surface area contributed by atoms with Gasteiger partial charge >= 0.3 is 0 Å². The Bertz CT molecular complexity index is 464. The van der Waals surface area contributed by atoms with Crippen molar-refractivity contribution in [1.82, 2.24) is 9.55 Å². The number of alkyl halides is 1. The second kappa shape index (κ2) is 4.74. The predicted molar refractivity (Wildman–Crippen MR) is 65.2 cm³/mol. The fourth-order valence-corrected chi connectivity index (χ4v) is 2.85. The van der Waals surface area contributed by atoms with Gasteiger partial charge < -0.3 is 4.57 Å². The topological polar surface area (TPSA) is 17.8 Å². The number of hydrogen-bond donors (Lipinski definition) is 0. The molecule has 0 bridgehead atoms. The van der Waals surface area contributed by atoms with Crippen LogP contribution in [0.1, 0.15) is 11.3 Å². The first-order chi connectivity index (χ1) is 7.19. The summed E-state index contributed by atoms with van der Waals surface area (Å²) in [5.41, 5.74) is 1.86. The summed E-state index contributed by atoms with van der Waals surface area (Å²) in [5, 5.41) is 0. The molecule has 6 heteroatoms. The highest BCUT2D eigenvalue weighted by Crippen LogP contribution is 2.31. The molecule has 2 aromatic rings. The molecule has 15 heavy (non-hydrogen) atoms. The van der Waals surface area contributed by atoms with E-state index >= 15 is 0 Å². The van der Waals surface area contributed by atoms with Gasteiger partial charge in [0.25, 0.3) is 0 Å². The summed E-state index contributed by atoms with van der Waals surface area (Å²) in [5.74, 6) is 0.422. The van der Waals surface area contributed by atoms with Crippen LogP contribution in [-0.4, -0.2) is 9.55 Å². The van der Waals surface area contributed by atoms with Crippen LogP contribution in [0.4, 0.5) is 0 Å². The van der Waals surface area contributed by atoms with Gasteiger partial charge in [-0.3, -0.25) is 0 Å². The molecule has 0 radical (unpaired) electrons. The van der Waals surface area contributed by atoms with Gasteiger partial charge in [-0.2, -0.15) is 0 Å². The molecule has 0 aliphatic rings. The van der Waals surface area contributed by atoms with Crippen LogP contribution in [0.5, 0.6) is 0 Å². The highest BCUT2D eigenvalue weighted by atomic mass is 35.5. The number of rotatable bonds is 3. The van der Waals surface area contributed by atoms with Gasteiger partial charge in [-0.1, -0.05) is 23.2 Å². The summed E-state index contributed by atoms with van der Waals surface area (Å²) in [6.45, 7) is 0.673. The highest BCUT2D eigenvalue weighted by Gasteiger charge is 2.06. The number of halogens is 3. The van der Waals surface area contributed by atoms with Crippen LogP contribution in [0.2, 0.25) is 8.67 Å². The van der Waals surface area contributed by atoms with Crippen molar-refractivity contribution in [1.29, 1.82) is 0 Å². The van der Waals surface area contributed by atoms with Gasteiger partial charge in [-0.25, -0.2) is 4.98 Å². The average molecular weight is 282 g/mol. The largest absolute Gasteiger partial charge is 0.333 e. The van der Waals surface area contributed by atoms with Gasteiger partial charge in [-0.15, -0.1) is 22.9 Å². The lowest BCUT2D eigenvalue weighted by molar-refractivity contribution is 0.800. The van der Waals surface area contributed by atoms with Gasteiger partial charge in [0, 0.05) is 11.8 Å². The van der Waals surface area contributed by atoms with Crippen molar-refractivity contribution >= 4 is 46.1 Å². The molecule has 0 amide bonds. The molecule has 2 rings (SSSR count). The van der Waals surface area contributed by atoms with Crippen LogP contribution in [-0.2, 0) is 12.4 Å². The van der Waals surface area contributed by atoms with Gasteiger partial charge in [0.1, 0.15) is 0 Å². The SMILES string of the molecule is ClCc1cn(Cc2cc(Cl)sc2Cl)cn1. The normalized spacial score (nSPS) is 10.9. The molecule has 80 valence electrons. The summed E-state index contributed by atoms with van der Waals surface area (Å²) in [6, 6.07) is 1.87. The van der Waals surface area contributed by atoms with E-state index in [9.17, 15) is 0 Å². The lowest BCUT2D eigenvalue weighted by Crippen LogP contribution is -1.94. The maximum atomic E-state index is 6.01. The molecule has 0 unspecified atom stereocenters. The van der Waals surface area contributed by atoms with Crippen molar-refractivity contribution in [2.45, 2.75) is 12.4 Å². The molecule has 2 aromatic heterocycles. The van der Waals surface area contributed by atoms with Crippen molar-refractivity contribution in [3.05, 3.63) is 38.5 Å². The van der Waals surface area contributed by atoms with Crippen LogP contribution < -0.4 is 0 Å². The summed E-state index contributed by atoms with van der Waals surface area (Å²) in [7, 11) is 0. The quantitative estimate of drug-likeness (QED) is 0.777. The molecule has 0 aliphatic carbocycles. The fourth-order valence-electron chi connectivity index (χ4n) is 1.24. The van der Waals surface area contributed by atoms with Crippen LogP contribution >= 0.6 is 46.1 Å². The lowest BCUT2D eigenvalue weighted by atomic mass is 10.3. The number of nitrogens with zero attached hydrogens (tertiary/aromatic N) is 2. The zero-order valence-corrected chi connectivity index (χ0v) is 10.7. The van der Waals surface area contributed by atoms with Crippen LogP contribution in [0.3, 0.4) is 0 Å². The standard InChI is InChI=1S/C9H7Cl3N2S/c10-2-7-4-14(5-13-7)3-6-1-8(11)15-9(6)12/h1,4-5H,2-3H2. The number of aromatic nitrogens is 2. The first kappa shape index (κ1) is 11.3. The molecule has 0 saturated heterocycles. The second-order valence-electron chi connectivity index (χ2n) is 3.02. The lowest BCUT2D eigenvalue weighted by Gasteiger charge is -1.99. The third-order valence-electron chi connectivity index (χ3n) is 1.90. The third-order valence-corrected chi connectivity index (χ3v) is 3.75. The van der Waals surface area contributed by atoms with Crippen molar-refractivity contribution in [2.75, 3.05) is 0 Å². The minimum absolute atomic E-state index is 0.422. The number of hydrogen-bond acceptors (Lipinski definition) is 2. The van der Waals surface area contributed by atoms with E-state index in [4.69, 9.17) is 34.8 Å². The van der Waals surface area contributed by atoms with E-state index in [0.717, 1.165) is 15.6 Å². The van der Waals surface area contributed by atoms with Crippen molar-refractivity contribution in [2.24, 2.45) is 0 Å². The molecule has 2 heterocycles. The van der Waals surface area contributed by atoms with Crippen molar-refractivity contribution in [3.63, 3.8) is 0 Å². The minimum atomic E-state index is 0.422. The summed E-state index contributed by atoms with van der Waals surface area (Å²) >= 11 is 18.9. The van der Waals surface area contributed by atoms with E-state index in [1.54, 1.807) is 6.33 Å². The van der Waals surface area contributed by atoms with Crippen LogP contribution in [0.25, 0.3) is 0 Å². The van der Waals surface area contributed by atoms with Crippen LogP contribution in [0.15, 0.2) is 18.6 Å². The fraction of sp³-hybridized carbons (Fsp3) is 0.222. The average Bonchev–Trinajstić information content (AvgIpc) is 2.75. The smallest absolute Gasteiger partial charge is 0.0994 e. The third kappa shape index (κ3) is 2.67. The second-order valence-corrected chi connectivity index (χ2v) is 5.57. The van der Waals surface area contributed by atoms with E-state index in [-0.39, 0.29) is 0 Å². The van der Waals surface area contributed by atoms with Gasteiger partial charge in [-0.05, 0) is 6.07 Å². The maximum Gasteiger partial charge on any atom is 0.0994 e. The molecule has 0 saturated carbocycles. The Morgan fingerprint density at radius 1 is 1.40 bits per heavy atom. The number of imidazole rings is 1. The van der Waals surface area contributed by atoms with Gasteiger partial charge in [0.15, 0.2) is 0 Å². The van der Waals surface area contributed by atoms with Crippen molar-refractivity contribution < 1.29 is 0 Å². The zero-order valence-electron chi connectivity index (χ0n) is 7.58.